The van der Waals surface area contributed by atoms with E-state index in [0.717, 1.165) is 16.9 Å². The second-order valence-corrected chi connectivity index (χ2v) is 4.97. The molecule has 0 atom stereocenters. The van der Waals surface area contributed by atoms with E-state index in [1.807, 2.05) is 30.3 Å². The van der Waals surface area contributed by atoms with Gasteiger partial charge in [0.25, 0.3) is 5.95 Å². The first-order valence-electron chi connectivity index (χ1n) is 7.05. The molecule has 0 amide bonds. The average molecular weight is 295 g/mol. The van der Waals surface area contributed by atoms with E-state index in [-0.39, 0.29) is 0 Å². The van der Waals surface area contributed by atoms with E-state index >= 15 is 0 Å². The number of nitrogens with one attached hydrogen (secondary N) is 2. The van der Waals surface area contributed by atoms with E-state index in [2.05, 4.69) is 51.1 Å². The summed E-state index contributed by atoms with van der Waals surface area (Å²) in [6.45, 7) is 3.19. The number of hydrogen-bond donors (Lipinski definition) is 2. The Kier molecular flexibility index (Phi) is 4.29. The van der Waals surface area contributed by atoms with E-state index in [0.29, 0.717) is 19.1 Å². The quantitative estimate of drug-likeness (QED) is 0.731. The number of hydrogen-bond acceptors (Lipinski definition) is 5. The molecule has 0 aliphatic rings. The lowest BCUT2D eigenvalue weighted by molar-refractivity contribution is 0.303. The lowest BCUT2D eigenvalue weighted by atomic mass is 10.1. The van der Waals surface area contributed by atoms with Gasteiger partial charge in [-0.15, -0.1) is 5.10 Å². The summed E-state index contributed by atoms with van der Waals surface area (Å²) in [7, 11) is 0. The highest BCUT2D eigenvalue weighted by Crippen LogP contribution is 2.20. The van der Waals surface area contributed by atoms with Crippen molar-refractivity contribution in [2.45, 2.75) is 20.1 Å². The Morgan fingerprint density at radius 1 is 1.14 bits per heavy atom. The Balaban J connectivity index is 1.65. The summed E-state index contributed by atoms with van der Waals surface area (Å²) in [5, 5.41) is 16.7. The number of aromatic nitrogens is 4. The van der Waals surface area contributed by atoms with Gasteiger partial charge in [0.2, 0.25) is 0 Å². The Bertz CT molecular complexity index is 727. The van der Waals surface area contributed by atoms with Gasteiger partial charge in [-0.2, -0.15) is 5.21 Å². The fraction of sp³-hybridized carbons (Fsp3) is 0.188. The average Bonchev–Trinajstić information content (AvgIpc) is 3.05. The second kappa shape index (κ2) is 6.71. The second-order valence-electron chi connectivity index (χ2n) is 4.97. The van der Waals surface area contributed by atoms with Gasteiger partial charge in [0.1, 0.15) is 12.4 Å². The van der Waals surface area contributed by atoms with Crippen LogP contribution in [0.4, 0.5) is 5.95 Å². The summed E-state index contributed by atoms with van der Waals surface area (Å²) in [6, 6.07) is 16.2. The zero-order valence-corrected chi connectivity index (χ0v) is 12.3. The number of para-hydroxylation sites is 1. The molecule has 2 aromatic carbocycles. The van der Waals surface area contributed by atoms with Crippen LogP contribution in [0, 0.1) is 6.92 Å². The normalized spacial score (nSPS) is 10.4. The highest BCUT2D eigenvalue weighted by molar-refractivity contribution is 5.36. The lowest BCUT2D eigenvalue weighted by Gasteiger charge is -2.12. The molecule has 0 bridgehead atoms. The summed E-state index contributed by atoms with van der Waals surface area (Å²) < 4.78 is 5.94. The molecule has 0 saturated heterocycles. The zero-order chi connectivity index (χ0) is 15.2. The number of nitrogens with zero attached hydrogens (tertiary/aromatic N) is 3. The third-order valence-electron chi connectivity index (χ3n) is 3.23. The van der Waals surface area contributed by atoms with Crippen molar-refractivity contribution >= 4 is 5.95 Å². The Morgan fingerprint density at radius 3 is 2.86 bits per heavy atom. The minimum absolute atomic E-state index is 0.466. The van der Waals surface area contributed by atoms with Gasteiger partial charge in [0.15, 0.2) is 0 Å². The summed E-state index contributed by atoms with van der Waals surface area (Å²) in [6.07, 6.45) is 0. The van der Waals surface area contributed by atoms with Gasteiger partial charge < -0.3 is 10.1 Å². The Morgan fingerprint density at radius 2 is 2.05 bits per heavy atom. The van der Waals surface area contributed by atoms with Crippen molar-refractivity contribution in [2.24, 2.45) is 0 Å². The van der Waals surface area contributed by atoms with Crippen LogP contribution in [0.15, 0.2) is 48.5 Å². The van der Waals surface area contributed by atoms with Crippen LogP contribution in [-0.4, -0.2) is 20.6 Å². The van der Waals surface area contributed by atoms with Gasteiger partial charge in [0, 0.05) is 12.1 Å². The number of aryl methyl sites for hydroxylation is 1. The van der Waals surface area contributed by atoms with Crippen molar-refractivity contribution in [3.8, 4) is 5.75 Å². The number of benzene rings is 2. The van der Waals surface area contributed by atoms with Gasteiger partial charge in [0.05, 0.1) is 0 Å². The summed E-state index contributed by atoms with van der Waals surface area (Å²) in [5.74, 6) is 1.31. The van der Waals surface area contributed by atoms with Gasteiger partial charge in [-0.05, 0) is 23.8 Å². The third kappa shape index (κ3) is 3.60. The predicted octanol–water partition coefficient (Wildman–Crippen LogP) is 2.70. The molecular formula is C16H17N5O. The molecule has 0 unspecified atom stereocenters. The maximum Gasteiger partial charge on any atom is 0.263 e. The lowest BCUT2D eigenvalue weighted by Crippen LogP contribution is -2.04. The molecule has 0 aliphatic heterocycles. The van der Waals surface area contributed by atoms with Crippen molar-refractivity contribution < 1.29 is 4.74 Å². The molecule has 1 heterocycles. The molecule has 112 valence electrons. The molecule has 0 saturated carbocycles. The highest BCUT2D eigenvalue weighted by Gasteiger charge is 2.05. The van der Waals surface area contributed by atoms with Gasteiger partial charge >= 0.3 is 0 Å². The monoisotopic (exact) mass is 295 g/mol. The van der Waals surface area contributed by atoms with Crippen LogP contribution in [-0.2, 0) is 13.2 Å². The van der Waals surface area contributed by atoms with Crippen molar-refractivity contribution in [1.82, 2.24) is 20.6 Å². The number of H-pyrrole nitrogens is 1. The Labute approximate surface area is 128 Å². The Hall–Kier alpha value is -2.89. The van der Waals surface area contributed by atoms with E-state index in [1.54, 1.807) is 0 Å². The molecular weight excluding hydrogens is 278 g/mol. The first-order valence-corrected chi connectivity index (χ1v) is 7.05. The van der Waals surface area contributed by atoms with E-state index in [4.69, 9.17) is 4.74 Å². The van der Waals surface area contributed by atoms with Crippen molar-refractivity contribution in [3.63, 3.8) is 0 Å². The fourth-order valence-corrected chi connectivity index (χ4v) is 2.16. The van der Waals surface area contributed by atoms with E-state index < -0.39 is 0 Å². The number of aromatic amines is 1. The molecule has 3 aromatic rings. The maximum absolute atomic E-state index is 5.94. The number of rotatable bonds is 6. The fourth-order valence-electron chi connectivity index (χ4n) is 2.16. The van der Waals surface area contributed by atoms with Crippen LogP contribution < -0.4 is 10.1 Å². The van der Waals surface area contributed by atoms with Gasteiger partial charge in [-0.3, -0.25) is 0 Å². The van der Waals surface area contributed by atoms with Crippen LogP contribution in [0.3, 0.4) is 0 Å². The minimum atomic E-state index is 0.466. The van der Waals surface area contributed by atoms with E-state index in [9.17, 15) is 0 Å². The van der Waals surface area contributed by atoms with Crippen LogP contribution in [0.1, 0.15) is 16.7 Å². The molecule has 6 heteroatoms. The first-order chi connectivity index (χ1) is 10.8. The van der Waals surface area contributed by atoms with Crippen LogP contribution in [0.25, 0.3) is 0 Å². The molecule has 3 rings (SSSR count). The molecule has 1 aromatic heterocycles. The molecule has 22 heavy (non-hydrogen) atoms. The van der Waals surface area contributed by atoms with Crippen LogP contribution >= 0.6 is 0 Å². The molecule has 0 aliphatic carbocycles. The molecule has 0 radical (unpaired) electrons. The predicted molar refractivity (Wildman–Crippen MR) is 83.5 cm³/mol. The molecule has 6 nitrogen and oxygen atoms in total. The topological polar surface area (TPSA) is 75.7 Å². The zero-order valence-electron chi connectivity index (χ0n) is 12.3. The molecule has 0 spiro atoms. The van der Waals surface area contributed by atoms with Crippen molar-refractivity contribution in [2.75, 3.05) is 5.32 Å². The first kappa shape index (κ1) is 14.1. The largest absolute Gasteiger partial charge is 0.489 e. The SMILES string of the molecule is Cc1cccc(COc2ccccc2CNc2nn[nH]n2)c1. The standard InChI is InChI=1S/C16H17N5O/c1-12-5-4-6-13(9-12)11-22-15-8-3-2-7-14(15)10-17-16-18-20-21-19-16/h2-9H,10-11H2,1H3,(H2,17,18,19,20,21). The van der Waals surface area contributed by atoms with Gasteiger partial charge in [-0.25, -0.2) is 0 Å². The number of tetrazole rings is 1. The molecule has 2 N–H and O–H groups in total. The van der Waals surface area contributed by atoms with Crippen molar-refractivity contribution in [3.05, 3.63) is 65.2 Å². The molecule has 0 fully saturated rings. The summed E-state index contributed by atoms with van der Waals surface area (Å²) in [4.78, 5) is 0. The smallest absolute Gasteiger partial charge is 0.263 e. The van der Waals surface area contributed by atoms with Crippen LogP contribution in [0.5, 0.6) is 5.75 Å². The summed E-state index contributed by atoms with van der Waals surface area (Å²) >= 11 is 0. The minimum Gasteiger partial charge on any atom is -0.489 e. The number of anilines is 1. The maximum atomic E-state index is 5.94. The van der Waals surface area contributed by atoms with Crippen LogP contribution in [0.2, 0.25) is 0 Å². The van der Waals surface area contributed by atoms with E-state index in [1.165, 1.54) is 5.56 Å². The summed E-state index contributed by atoms with van der Waals surface area (Å²) in [5.41, 5.74) is 3.43. The third-order valence-corrected chi connectivity index (χ3v) is 3.23. The highest BCUT2D eigenvalue weighted by atomic mass is 16.5. The van der Waals surface area contributed by atoms with Crippen molar-refractivity contribution in [1.29, 1.82) is 0 Å². The van der Waals surface area contributed by atoms with Gasteiger partial charge in [-0.1, -0.05) is 53.1 Å². The number of ether oxygens (including phenoxy) is 1.